The summed E-state index contributed by atoms with van der Waals surface area (Å²) in [5.74, 6) is 1.99. The summed E-state index contributed by atoms with van der Waals surface area (Å²) in [6, 6.07) is 6.86. The van der Waals surface area contributed by atoms with Crippen LogP contribution in [0.25, 0.3) is 0 Å². The lowest BCUT2D eigenvalue weighted by molar-refractivity contribution is 0.512. The summed E-state index contributed by atoms with van der Waals surface area (Å²) >= 11 is 11.8. The van der Waals surface area contributed by atoms with Gasteiger partial charge in [0, 0.05) is 42.8 Å². The molecule has 0 aliphatic carbocycles. The first kappa shape index (κ1) is 21.3. The second kappa shape index (κ2) is 11.8. The molecule has 0 spiro atoms. The molecule has 0 bridgehead atoms. The normalized spacial score (nSPS) is 13.0. The minimum atomic E-state index is 0.381. The maximum absolute atomic E-state index is 5.89. The standard InChI is InChI=1S/C20H32Cl2N2/c1-16(2)6-5-7-18(4)23-15-19-8-9-20(14-17(19)3)24(12-10-21)13-11-22/h8-9,14-16,18H,5-7,10-13H2,1-4H3/t18-/m0/s1. The first-order chi connectivity index (χ1) is 11.5. The van der Waals surface area contributed by atoms with Crippen LogP contribution in [0.3, 0.4) is 0 Å². The molecule has 0 radical (unpaired) electrons. The fraction of sp³-hybridized carbons (Fsp3) is 0.650. The third-order valence-corrected chi connectivity index (χ3v) is 4.54. The highest BCUT2D eigenvalue weighted by Gasteiger charge is 2.07. The molecule has 0 amide bonds. The Labute approximate surface area is 158 Å². The molecule has 0 unspecified atom stereocenters. The van der Waals surface area contributed by atoms with Crippen LogP contribution in [0.4, 0.5) is 5.69 Å². The number of rotatable bonds is 11. The summed E-state index contributed by atoms with van der Waals surface area (Å²) in [7, 11) is 0. The van der Waals surface area contributed by atoms with E-state index in [1.54, 1.807) is 0 Å². The van der Waals surface area contributed by atoms with Crippen LogP contribution in [0.1, 0.15) is 51.2 Å². The molecular formula is C20H32Cl2N2. The van der Waals surface area contributed by atoms with Gasteiger partial charge in [-0.2, -0.15) is 0 Å². The summed E-state index contributed by atoms with van der Waals surface area (Å²) in [6.07, 6.45) is 5.71. The van der Waals surface area contributed by atoms with Crippen molar-refractivity contribution < 1.29 is 0 Å². The van der Waals surface area contributed by atoms with Crippen LogP contribution >= 0.6 is 23.2 Å². The molecule has 0 saturated carbocycles. The zero-order chi connectivity index (χ0) is 17.9. The van der Waals surface area contributed by atoms with Gasteiger partial charge in [0.25, 0.3) is 0 Å². The lowest BCUT2D eigenvalue weighted by Crippen LogP contribution is -2.27. The summed E-state index contributed by atoms with van der Waals surface area (Å²) in [6.45, 7) is 10.5. The smallest absolute Gasteiger partial charge is 0.0471 e. The van der Waals surface area contributed by atoms with Gasteiger partial charge in [-0.15, -0.1) is 23.2 Å². The topological polar surface area (TPSA) is 15.6 Å². The zero-order valence-electron chi connectivity index (χ0n) is 15.6. The molecule has 1 rings (SSSR count). The van der Waals surface area contributed by atoms with Crippen LogP contribution in [0.5, 0.6) is 0 Å². The Morgan fingerprint density at radius 2 is 1.75 bits per heavy atom. The third-order valence-electron chi connectivity index (χ3n) is 4.20. The third kappa shape index (κ3) is 7.90. The van der Waals surface area contributed by atoms with Crippen molar-refractivity contribution in [3.05, 3.63) is 29.3 Å². The fourth-order valence-electron chi connectivity index (χ4n) is 2.68. The van der Waals surface area contributed by atoms with Gasteiger partial charge in [-0.3, -0.25) is 4.99 Å². The van der Waals surface area contributed by atoms with E-state index >= 15 is 0 Å². The van der Waals surface area contributed by atoms with E-state index in [-0.39, 0.29) is 0 Å². The number of aliphatic imine (C=N–C) groups is 1. The van der Waals surface area contributed by atoms with Crippen LogP contribution in [-0.4, -0.2) is 37.1 Å². The highest BCUT2D eigenvalue weighted by molar-refractivity contribution is 6.18. The molecular weight excluding hydrogens is 339 g/mol. The second-order valence-corrected chi connectivity index (χ2v) is 7.61. The van der Waals surface area contributed by atoms with Crippen LogP contribution in [0.15, 0.2) is 23.2 Å². The molecule has 0 aliphatic heterocycles. The van der Waals surface area contributed by atoms with Crippen molar-refractivity contribution in [2.45, 2.75) is 53.0 Å². The maximum Gasteiger partial charge on any atom is 0.0471 e. The van der Waals surface area contributed by atoms with Gasteiger partial charge in [-0.25, -0.2) is 0 Å². The lowest BCUT2D eigenvalue weighted by atomic mass is 10.0. The monoisotopic (exact) mass is 370 g/mol. The highest BCUT2D eigenvalue weighted by Crippen LogP contribution is 2.19. The van der Waals surface area contributed by atoms with Crippen molar-refractivity contribution in [2.24, 2.45) is 10.9 Å². The van der Waals surface area contributed by atoms with Crippen LogP contribution < -0.4 is 4.90 Å². The molecule has 0 fully saturated rings. The van der Waals surface area contributed by atoms with Crippen molar-refractivity contribution in [2.75, 3.05) is 29.7 Å². The van der Waals surface area contributed by atoms with Crippen molar-refractivity contribution in [1.82, 2.24) is 0 Å². The van der Waals surface area contributed by atoms with E-state index in [1.165, 1.54) is 29.7 Å². The molecule has 136 valence electrons. The Balaban J connectivity index is 2.68. The highest BCUT2D eigenvalue weighted by atomic mass is 35.5. The summed E-state index contributed by atoms with van der Waals surface area (Å²) in [5.41, 5.74) is 3.60. The molecule has 0 aromatic heterocycles. The Morgan fingerprint density at radius 1 is 1.08 bits per heavy atom. The van der Waals surface area contributed by atoms with Gasteiger partial charge >= 0.3 is 0 Å². The van der Waals surface area contributed by atoms with Gasteiger partial charge in [0.15, 0.2) is 0 Å². The van der Waals surface area contributed by atoms with E-state index in [0.717, 1.165) is 25.4 Å². The van der Waals surface area contributed by atoms with Crippen LogP contribution in [0.2, 0.25) is 0 Å². The van der Waals surface area contributed by atoms with Gasteiger partial charge in [-0.05, 0) is 49.4 Å². The molecule has 0 N–H and O–H groups in total. The number of anilines is 1. The van der Waals surface area contributed by atoms with E-state index in [1.807, 2.05) is 6.21 Å². The number of alkyl halides is 2. The average Bonchev–Trinajstić information content (AvgIpc) is 2.53. The van der Waals surface area contributed by atoms with Gasteiger partial charge in [0.2, 0.25) is 0 Å². The minimum absolute atomic E-state index is 0.381. The Kier molecular flexibility index (Phi) is 10.4. The Hall–Kier alpha value is -0.730. The van der Waals surface area contributed by atoms with E-state index in [4.69, 9.17) is 28.2 Å². The number of hydrogen-bond donors (Lipinski definition) is 0. The summed E-state index contributed by atoms with van der Waals surface area (Å²) in [5, 5.41) is 0. The van der Waals surface area contributed by atoms with Crippen LogP contribution in [0, 0.1) is 12.8 Å². The quantitative estimate of drug-likeness (QED) is 0.349. The number of hydrogen-bond acceptors (Lipinski definition) is 2. The van der Waals surface area contributed by atoms with Gasteiger partial charge < -0.3 is 4.90 Å². The fourth-order valence-corrected chi connectivity index (χ4v) is 3.09. The molecule has 24 heavy (non-hydrogen) atoms. The van der Waals surface area contributed by atoms with Crippen molar-refractivity contribution >= 4 is 35.1 Å². The molecule has 4 heteroatoms. The number of halogens is 2. The summed E-state index contributed by atoms with van der Waals surface area (Å²) < 4.78 is 0. The van der Waals surface area contributed by atoms with E-state index < -0.39 is 0 Å². The number of benzene rings is 1. The number of nitrogens with zero attached hydrogens (tertiary/aromatic N) is 2. The molecule has 1 aromatic rings. The van der Waals surface area contributed by atoms with Crippen LogP contribution in [-0.2, 0) is 0 Å². The zero-order valence-corrected chi connectivity index (χ0v) is 17.1. The molecule has 0 aliphatic rings. The predicted molar refractivity (Wildman–Crippen MR) is 111 cm³/mol. The second-order valence-electron chi connectivity index (χ2n) is 6.86. The first-order valence-electron chi connectivity index (χ1n) is 8.98. The van der Waals surface area contributed by atoms with Gasteiger partial charge in [-0.1, -0.05) is 32.8 Å². The largest absolute Gasteiger partial charge is 0.369 e. The number of aryl methyl sites for hydroxylation is 1. The Morgan fingerprint density at radius 3 is 2.29 bits per heavy atom. The minimum Gasteiger partial charge on any atom is -0.369 e. The van der Waals surface area contributed by atoms with E-state index in [2.05, 4.69) is 50.8 Å². The van der Waals surface area contributed by atoms with Gasteiger partial charge in [0.05, 0.1) is 0 Å². The van der Waals surface area contributed by atoms with Gasteiger partial charge in [0.1, 0.15) is 0 Å². The van der Waals surface area contributed by atoms with Crippen molar-refractivity contribution in [3.63, 3.8) is 0 Å². The SMILES string of the molecule is Cc1cc(N(CCCl)CCCl)ccc1C=N[C@@H](C)CCCC(C)C. The summed E-state index contributed by atoms with van der Waals surface area (Å²) in [4.78, 5) is 6.94. The molecule has 2 nitrogen and oxygen atoms in total. The van der Waals surface area contributed by atoms with E-state index in [0.29, 0.717) is 17.8 Å². The van der Waals surface area contributed by atoms with Crippen molar-refractivity contribution in [3.8, 4) is 0 Å². The van der Waals surface area contributed by atoms with E-state index in [9.17, 15) is 0 Å². The molecule has 1 aromatic carbocycles. The molecule has 0 heterocycles. The average molecular weight is 371 g/mol. The predicted octanol–water partition coefficient (Wildman–Crippen LogP) is 5.91. The molecule has 0 saturated heterocycles. The lowest BCUT2D eigenvalue weighted by Gasteiger charge is -2.23. The van der Waals surface area contributed by atoms with Crippen molar-refractivity contribution in [1.29, 1.82) is 0 Å². The first-order valence-corrected chi connectivity index (χ1v) is 10.1. The molecule has 1 atom stereocenters. The Bertz CT molecular complexity index is 494. The maximum atomic E-state index is 5.89.